The van der Waals surface area contributed by atoms with Gasteiger partial charge in [-0.1, -0.05) is 42.6 Å². The average Bonchev–Trinajstić information content (AvgIpc) is 2.67. The van der Waals surface area contributed by atoms with Crippen molar-refractivity contribution in [3.05, 3.63) is 52.0 Å². The van der Waals surface area contributed by atoms with Crippen LogP contribution in [0.1, 0.15) is 25.3 Å². The number of hydrogen-bond donors (Lipinski definition) is 1. The van der Waals surface area contributed by atoms with Crippen molar-refractivity contribution in [1.82, 2.24) is 5.32 Å². The van der Waals surface area contributed by atoms with Gasteiger partial charge >= 0.3 is 0 Å². The van der Waals surface area contributed by atoms with Gasteiger partial charge in [-0.15, -0.1) is 0 Å². The van der Waals surface area contributed by atoms with Gasteiger partial charge in [0.15, 0.2) is 17.6 Å². The zero-order chi connectivity index (χ0) is 19.8. The van der Waals surface area contributed by atoms with Gasteiger partial charge in [0.2, 0.25) is 0 Å². The third kappa shape index (κ3) is 5.94. The standard InChI is InChI=1S/C20H23Cl2NO4/c1-4-5-18(27-16-9-7-14(21)11-15(16)22)20(24)23-12-13-6-8-17(25-2)19(10-13)26-3/h6-11,18H,4-5,12H2,1-3H3,(H,23,24). The number of rotatable bonds is 9. The third-order valence-electron chi connectivity index (χ3n) is 3.92. The van der Waals surface area contributed by atoms with Crippen LogP contribution in [0.15, 0.2) is 36.4 Å². The van der Waals surface area contributed by atoms with Crippen LogP contribution in [0.25, 0.3) is 0 Å². The molecular weight excluding hydrogens is 389 g/mol. The maximum Gasteiger partial charge on any atom is 0.261 e. The van der Waals surface area contributed by atoms with Crippen molar-refractivity contribution >= 4 is 29.1 Å². The van der Waals surface area contributed by atoms with Crippen LogP contribution in [0, 0.1) is 0 Å². The molecule has 0 aliphatic heterocycles. The molecule has 0 fully saturated rings. The van der Waals surface area contributed by atoms with E-state index in [1.54, 1.807) is 38.5 Å². The molecule has 0 aliphatic carbocycles. The van der Waals surface area contributed by atoms with Crippen molar-refractivity contribution in [2.75, 3.05) is 14.2 Å². The summed E-state index contributed by atoms with van der Waals surface area (Å²) in [6, 6.07) is 10.4. The van der Waals surface area contributed by atoms with E-state index < -0.39 is 6.10 Å². The second-order valence-corrected chi connectivity index (χ2v) is 6.72. The normalized spacial score (nSPS) is 11.6. The van der Waals surface area contributed by atoms with Crippen LogP contribution in [0.5, 0.6) is 17.2 Å². The molecule has 146 valence electrons. The van der Waals surface area contributed by atoms with E-state index in [1.807, 2.05) is 19.1 Å². The van der Waals surface area contributed by atoms with Crippen LogP contribution in [-0.2, 0) is 11.3 Å². The monoisotopic (exact) mass is 411 g/mol. The second-order valence-electron chi connectivity index (χ2n) is 5.88. The van der Waals surface area contributed by atoms with E-state index in [0.717, 1.165) is 12.0 Å². The smallest absolute Gasteiger partial charge is 0.261 e. The fourth-order valence-corrected chi connectivity index (χ4v) is 2.98. The Morgan fingerprint density at radius 3 is 2.37 bits per heavy atom. The first-order valence-electron chi connectivity index (χ1n) is 8.58. The molecule has 2 aromatic carbocycles. The molecule has 2 rings (SSSR count). The predicted octanol–water partition coefficient (Wildman–Crippen LogP) is 4.87. The first kappa shape index (κ1) is 21.2. The van der Waals surface area contributed by atoms with E-state index in [4.69, 9.17) is 37.4 Å². The largest absolute Gasteiger partial charge is 0.493 e. The number of carbonyl (C=O) groups excluding carboxylic acids is 1. The summed E-state index contributed by atoms with van der Waals surface area (Å²) in [5.41, 5.74) is 0.890. The minimum absolute atomic E-state index is 0.211. The lowest BCUT2D eigenvalue weighted by molar-refractivity contribution is -0.128. The number of amides is 1. The first-order chi connectivity index (χ1) is 13.0. The molecule has 0 radical (unpaired) electrons. The fourth-order valence-electron chi connectivity index (χ4n) is 2.52. The topological polar surface area (TPSA) is 56.8 Å². The van der Waals surface area contributed by atoms with Gasteiger partial charge in [-0.25, -0.2) is 0 Å². The Labute approximate surface area is 169 Å². The Balaban J connectivity index is 2.04. The number of methoxy groups -OCH3 is 2. The van der Waals surface area contributed by atoms with E-state index in [-0.39, 0.29) is 5.91 Å². The fraction of sp³-hybridized carbons (Fsp3) is 0.350. The summed E-state index contributed by atoms with van der Waals surface area (Å²) in [6.07, 6.45) is 0.713. The van der Waals surface area contributed by atoms with Crippen molar-refractivity contribution in [3.63, 3.8) is 0 Å². The van der Waals surface area contributed by atoms with Crippen LogP contribution < -0.4 is 19.5 Å². The molecule has 1 amide bonds. The third-order valence-corrected chi connectivity index (χ3v) is 4.45. The van der Waals surface area contributed by atoms with Crippen molar-refractivity contribution in [3.8, 4) is 17.2 Å². The number of benzene rings is 2. The number of nitrogens with one attached hydrogen (secondary N) is 1. The summed E-state index contributed by atoms with van der Waals surface area (Å²) in [5, 5.41) is 3.78. The Morgan fingerprint density at radius 2 is 1.74 bits per heavy atom. The number of halogens is 2. The van der Waals surface area contributed by atoms with Crippen LogP contribution in [0.3, 0.4) is 0 Å². The molecule has 1 unspecified atom stereocenters. The van der Waals surface area contributed by atoms with Gasteiger partial charge in [-0.2, -0.15) is 0 Å². The van der Waals surface area contributed by atoms with Gasteiger partial charge < -0.3 is 19.5 Å². The van der Waals surface area contributed by atoms with Crippen molar-refractivity contribution in [1.29, 1.82) is 0 Å². The lowest BCUT2D eigenvalue weighted by Crippen LogP contribution is -2.38. The minimum atomic E-state index is -0.645. The molecular formula is C20H23Cl2NO4. The van der Waals surface area contributed by atoms with Crippen molar-refractivity contribution in [2.24, 2.45) is 0 Å². The molecule has 5 nitrogen and oxygen atoms in total. The van der Waals surface area contributed by atoms with E-state index in [9.17, 15) is 4.79 Å². The van der Waals surface area contributed by atoms with Crippen LogP contribution in [0.2, 0.25) is 10.0 Å². The van der Waals surface area contributed by atoms with E-state index in [1.165, 1.54) is 0 Å². The van der Waals surface area contributed by atoms with Gasteiger partial charge in [0.1, 0.15) is 5.75 Å². The molecule has 0 saturated heterocycles. The summed E-state index contributed by atoms with van der Waals surface area (Å²) < 4.78 is 16.3. The number of carbonyl (C=O) groups is 1. The molecule has 0 aromatic heterocycles. The quantitative estimate of drug-likeness (QED) is 0.638. The zero-order valence-corrected chi connectivity index (χ0v) is 17.1. The van der Waals surface area contributed by atoms with Crippen LogP contribution >= 0.6 is 23.2 Å². The Bertz CT molecular complexity index is 783. The molecule has 0 spiro atoms. The molecule has 1 atom stereocenters. The molecule has 7 heteroatoms. The first-order valence-corrected chi connectivity index (χ1v) is 9.34. The van der Waals surface area contributed by atoms with Crippen LogP contribution in [0.4, 0.5) is 0 Å². The molecule has 1 N–H and O–H groups in total. The zero-order valence-electron chi connectivity index (χ0n) is 15.6. The maximum atomic E-state index is 12.6. The highest BCUT2D eigenvalue weighted by molar-refractivity contribution is 6.35. The van der Waals surface area contributed by atoms with Gasteiger partial charge in [-0.3, -0.25) is 4.79 Å². The minimum Gasteiger partial charge on any atom is -0.493 e. The Morgan fingerprint density at radius 1 is 1.04 bits per heavy atom. The highest BCUT2D eigenvalue weighted by atomic mass is 35.5. The maximum absolute atomic E-state index is 12.6. The highest BCUT2D eigenvalue weighted by Gasteiger charge is 2.20. The summed E-state index contributed by atoms with van der Waals surface area (Å²) in [7, 11) is 3.15. The summed E-state index contributed by atoms with van der Waals surface area (Å²) >= 11 is 12.0. The van der Waals surface area contributed by atoms with E-state index in [2.05, 4.69) is 5.32 Å². The number of hydrogen-bond acceptors (Lipinski definition) is 4. The molecule has 2 aromatic rings. The summed E-state index contributed by atoms with van der Waals surface area (Å²) in [4.78, 5) is 12.6. The lowest BCUT2D eigenvalue weighted by Gasteiger charge is -2.19. The summed E-state index contributed by atoms with van der Waals surface area (Å²) in [5.74, 6) is 1.47. The molecule has 27 heavy (non-hydrogen) atoms. The molecule has 0 aliphatic rings. The second kappa shape index (κ2) is 10.3. The van der Waals surface area contributed by atoms with E-state index in [0.29, 0.717) is 40.3 Å². The van der Waals surface area contributed by atoms with Gasteiger partial charge in [0, 0.05) is 11.6 Å². The van der Waals surface area contributed by atoms with E-state index >= 15 is 0 Å². The van der Waals surface area contributed by atoms with Crippen molar-refractivity contribution < 1.29 is 19.0 Å². The van der Waals surface area contributed by atoms with Crippen molar-refractivity contribution in [2.45, 2.75) is 32.4 Å². The van der Waals surface area contributed by atoms with Gasteiger partial charge in [-0.05, 0) is 42.3 Å². The van der Waals surface area contributed by atoms with Gasteiger partial charge in [0.05, 0.1) is 19.2 Å². The van der Waals surface area contributed by atoms with Gasteiger partial charge in [0.25, 0.3) is 5.91 Å². The summed E-state index contributed by atoms with van der Waals surface area (Å²) in [6.45, 7) is 2.33. The lowest BCUT2D eigenvalue weighted by atomic mass is 10.1. The number of ether oxygens (including phenoxy) is 3. The highest BCUT2D eigenvalue weighted by Crippen LogP contribution is 2.29. The molecule has 0 bridgehead atoms. The SMILES string of the molecule is CCCC(Oc1ccc(Cl)cc1Cl)C(=O)NCc1ccc(OC)c(OC)c1. The molecule has 0 heterocycles. The molecule has 0 saturated carbocycles. The Kier molecular flexibility index (Phi) is 8.07. The predicted molar refractivity (Wildman–Crippen MR) is 107 cm³/mol. The Hall–Kier alpha value is -2.11. The average molecular weight is 412 g/mol. The van der Waals surface area contributed by atoms with Crippen LogP contribution in [-0.4, -0.2) is 26.2 Å².